The molecule has 0 aromatic carbocycles. The van der Waals surface area contributed by atoms with Crippen molar-refractivity contribution in [3.8, 4) is 0 Å². The first-order valence-corrected chi connectivity index (χ1v) is 8.21. The molecule has 7 nitrogen and oxygen atoms in total. The monoisotopic (exact) mass is 378 g/mol. The highest BCUT2D eigenvalue weighted by Crippen LogP contribution is 2.36. The van der Waals surface area contributed by atoms with E-state index in [1.54, 1.807) is 0 Å². The zero-order valence-corrected chi connectivity index (χ0v) is 14.0. The average Bonchev–Trinajstić information content (AvgIpc) is 3.13. The van der Waals surface area contributed by atoms with E-state index in [9.17, 15) is 9.59 Å². The van der Waals surface area contributed by atoms with Crippen LogP contribution in [0.2, 0.25) is 0 Å². The number of carboxylic acids is 1. The van der Waals surface area contributed by atoms with Crippen LogP contribution >= 0.6 is 15.9 Å². The van der Waals surface area contributed by atoms with E-state index < -0.39 is 11.4 Å². The predicted molar refractivity (Wildman–Crippen MR) is 89.3 cm³/mol. The molecule has 0 unspecified atom stereocenters. The van der Waals surface area contributed by atoms with Gasteiger partial charge in [-0.25, -0.2) is 9.78 Å². The quantitative estimate of drug-likeness (QED) is 0.727. The molecule has 2 aromatic heterocycles. The van der Waals surface area contributed by atoms with Gasteiger partial charge in [0.15, 0.2) is 0 Å². The normalized spacial score (nSPS) is 23.0. The molecule has 0 radical (unpaired) electrons. The molecule has 4 rings (SSSR count). The molecule has 2 atom stereocenters. The molecule has 8 heteroatoms. The molecule has 2 saturated heterocycles. The number of anilines is 1. The SMILES string of the molecule is Cc1c(Br)c(N2C[C@@H]3C[C@@H]2CN3)nc2[nH]cc(C(=O)O)c(=O)c12. The van der Waals surface area contributed by atoms with Crippen LogP contribution < -0.4 is 15.6 Å². The largest absolute Gasteiger partial charge is 0.477 e. The van der Waals surface area contributed by atoms with Gasteiger partial charge in [-0.3, -0.25) is 4.79 Å². The molecule has 0 saturated carbocycles. The summed E-state index contributed by atoms with van der Waals surface area (Å²) < 4.78 is 0.755. The first kappa shape index (κ1) is 14.6. The molecule has 0 aliphatic carbocycles. The number of aromatic nitrogens is 2. The van der Waals surface area contributed by atoms with Crippen LogP contribution in [-0.4, -0.2) is 46.2 Å². The van der Waals surface area contributed by atoms with Crippen molar-refractivity contribution >= 4 is 38.8 Å². The number of hydrogen-bond donors (Lipinski definition) is 3. The number of carboxylic acid groups (broad SMARTS) is 1. The number of hydrogen-bond acceptors (Lipinski definition) is 5. The van der Waals surface area contributed by atoms with Gasteiger partial charge in [0.25, 0.3) is 0 Å². The van der Waals surface area contributed by atoms with Crippen LogP contribution in [0, 0.1) is 6.92 Å². The smallest absolute Gasteiger partial charge is 0.341 e. The average molecular weight is 379 g/mol. The number of nitrogens with one attached hydrogen (secondary N) is 2. The number of aromatic amines is 1. The van der Waals surface area contributed by atoms with Gasteiger partial charge in [-0.15, -0.1) is 0 Å². The van der Waals surface area contributed by atoms with Crippen molar-refractivity contribution in [2.75, 3.05) is 18.0 Å². The van der Waals surface area contributed by atoms with E-state index in [-0.39, 0.29) is 5.56 Å². The molecule has 2 bridgehead atoms. The van der Waals surface area contributed by atoms with Gasteiger partial charge in [-0.05, 0) is 34.8 Å². The molecule has 3 N–H and O–H groups in total. The Hall–Kier alpha value is -1.93. The van der Waals surface area contributed by atoms with Crippen LogP contribution in [0.1, 0.15) is 22.3 Å². The third-order valence-corrected chi connectivity index (χ3v) is 5.69. The molecule has 2 aliphatic rings. The summed E-state index contributed by atoms with van der Waals surface area (Å²) in [6, 6.07) is 0.892. The van der Waals surface area contributed by atoms with E-state index in [1.807, 2.05) is 6.92 Å². The summed E-state index contributed by atoms with van der Waals surface area (Å²) in [6.45, 7) is 3.63. The number of carbonyl (C=O) groups is 1. The van der Waals surface area contributed by atoms with Gasteiger partial charge in [-0.2, -0.15) is 0 Å². The van der Waals surface area contributed by atoms with Crippen molar-refractivity contribution in [3.63, 3.8) is 0 Å². The fraction of sp³-hybridized carbons (Fsp3) is 0.400. The van der Waals surface area contributed by atoms with Gasteiger partial charge in [0.2, 0.25) is 5.43 Å². The summed E-state index contributed by atoms with van der Waals surface area (Å²) in [5.41, 5.74) is 0.358. The molecule has 2 aromatic rings. The fourth-order valence-electron chi connectivity index (χ4n) is 3.56. The Bertz CT molecular complexity index is 894. The van der Waals surface area contributed by atoms with E-state index in [1.165, 1.54) is 6.20 Å². The lowest BCUT2D eigenvalue weighted by atomic mass is 10.1. The molecule has 4 heterocycles. The van der Waals surface area contributed by atoms with Crippen molar-refractivity contribution in [1.29, 1.82) is 0 Å². The fourth-order valence-corrected chi connectivity index (χ4v) is 4.07. The molecular weight excluding hydrogens is 364 g/mol. The Morgan fingerprint density at radius 2 is 2.30 bits per heavy atom. The summed E-state index contributed by atoms with van der Waals surface area (Å²) in [5.74, 6) is -0.432. The molecule has 0 amide bonds. The molecule has 2 aliphatic heterocycles. The first-order chi connectivity index (χ1) is 11.0. The number of H-pyrrole nitrogens is 1. The van der Waals surface area contributed by atoms with Crippen LogP contribution in [0.15, 0.2) is 15.5 Å². The van der Waals surface area contributed by atoms with Crippen molar-refractivity contribution in [2.24, 2.45) is 0 Å². The minimum atomic E-state index is -1.24. The van der Waals surface area contributed by atoms with Crippen LogP contribution in [0.3, 0.4) is 0 Å². The number of rotatable bonds is 2. The van der Waals surface area contributed by atoms with E-state index in [2.05, 4.69) is 36.1 Å². The van der Waals surface area contributed by atoms with E-state index >= 15 is 0 Å². The summed E-state index contributed by atoms with van der Waals surface area (Å²) in [7, 11) is 0. The molecule has 0 spiro atoms. The van der Waals surface area contributed by atoms with Gasteiger partial charge < -0.3 is 20.3 Å². The first-order valence-electron chi connectivity index (χ1n) is 7.42. The Morgan fingerprint density at radius 1 is 1.52 bits per heavy atom. The van der Waals surface area contributed by atoms with Crippen molar-refractivity contribution in [3.05, 3.63) is 32.0 Å². The number of pyridine rings is 2. The van der Waals surface area contributed by atoms with Crippen molar-refractivity contribution in [1.82, 2.24) is 15.3 Å². The summed E-state index contributed by atoms with van der Waals surface area (Å²) in [5, 5.41) is 12.9. The maximum atomic E-state index is 12.4. The number of aromatic carboxylic acids is 1. The predicted octanol–water partition coefficient (Wildman–Crippen LogP) is 1.24. The van der Waals surface area contributed by atoms with Crippen molar-refractivity contribution in [2.45, 2.75) is 25.4 Å². The Kier molecular flexibility index (Phi) is 3.21. The van der Waals surface area contributed by atoms with Crippen LogP contribution in [0.25, 0.3) is 11.0 Å². The molecule has 2 fully saturated rings. The zero-order valence-electron chi connectivity index (χ0n) is 12.4. The second kappa shape index (κ2) is 5.04. The Morgan fingerprint density at radius 3 is 2.91 bits per heavy atom. The Balaban J connectivity index is 1.92. The lowest BCUT2D eigenvalue weighted by Gasteiger charge is -2.30. The van der Waals surface area contributed by atoms with E-state index in [0.29, 0.717) is 28.7 Å². The van der Waals surface area contributed by atoms with Gasteiger partial charge in [-0.1, -0.05) is 0 Å². The third-order valence-electron chi connectivity index (χ3n) is 4.74. The second-order valence-electron chi connectivity index (χ2n) is 6.08. The van der Waals surface area contributed by atoms with Gasteiger partial charge in [0, 0.05) is 31.4 Å². The second-order valence-corrected chi connectivity index (χ2v) is 6.87. The topological polar surface area (TPSA) is 98.3 Å². The minimum Gasteiger partial charge on any atom is -0.477 e. The number of aryl methyl sites for hydroxylation is 1. The molecular formula is C15H15BrN4O3. The number of nitrogens with zero attached hydrogens (tertiary/aromatic N) is 2. The summed E-state index contributed by atoms with van der Waals surface area (Å²) in [6.07, 6.45) is 2.31. The van der Waals surface area contributed by atoms with Crippen LogP contribution in [-0.2, 0) is 0 Å². The molecule has 120 valence electrons. The number of fused-ring (bicyclic) bond motifs is 3. The van der Waals surface area contributed by atoms with Crippen LogP contribution in [0.5, 0.6) is 0 Å². The maximum absolute atomic E-state index is 12.4. The Labute approximate surface area is 139 Å². The van der Waals surface area contributed by atoms with Gasteiger partial charge >= 0.3 is 5.97 Å². The van der Waals surface area contributed by atoms with Crippen LogP contribution in [0.4, 0.5) is 5.82 Å². The highest BCUT2D eigenvalue weighted by molar-refractivity contribution is 9.10. The van der Waals surface area contributed by atoms with Gasteiger partial charge in [0.1, 0.15) is 17.0 Å². The van der Waals surface area contributed by atoms with Crippen molar-refractivity contribution < 1.29 is 9.90 Å². The minimum absolute atomic E-state index is 0.272. The lowest BCUT2D eigenvalue weighted by molar-refractivity contribution is 0.0695. The number of halogens is 1. The summed E-state index contributed by atoms with van der Waals surface area (Å²) in [4.78, 5) is 33.3. The standard InChI is InChI=1S/C15H15BrN4O3/c1-6-10-12(21)9(15(22)23)4-18-13(10)19-14(11(6)16)20-5-7-2-8(20)3-17-7/h4,7-8,17H,2-3,5H2,1H3,(H,22,23)(H,18,19,21)/t7-,8+/m0/s1. The third kappa shape index (κ3) is 2.08. The van der Waals surface area contributed by atoms with E-state index in [4.69, 9.17) is 5.11 Å². The maximum Gasteiger partial charge on any atom is 0.341 e. The summed E-state index contributed by atoms with van der Waals surface area (Å²) >= 11 is 3.55. The van der Waals surface area contributed by atoms with E-state index in [0.717, 1.165) is 29.8 Å². The highest BCUT2D eigenvalue weighted by atomic mass is 79.9. The number of piperazine rings is 1. The lowest BCUT2D eigenvalue weighted by Crippen LogP contribution is -2.44. The highest BCUT2D eigenvalue weighted by Gasteiger charge is 2.39. The van der Waals surface area contributed by atoms with Gasteiger partial charge in [0.05, 0.1) is 9.86 Å². The zero-order chi connectivity index (χ0) is 16.3. The molecule has 23 heavy (non-hydrogen) atoms.